The van der Waals surface area contributed by atoms with Crippen molar-refractivity contribution in [1.82, 2.24) is 9.88 Å². The molecule has 31 heavy (non-hydrogen) atoms. The molecule has 2 atom stereocenters. The summed E-state index contributed by atoms with van der Waals surface area (Å²) in [6.45, 7) is 7.56. The van der Waals surface area contributed by atoms with Crippen molar-refractivity contribution >= 4 is 0 Å². The van der Waals surface area contributed by atoms with Gasteiger partial charge in [-0.2, -0.15) is 0 Å². The summed E-state index contributed by atoms with van der Waals surface area (Å²) in [7, 11) is 0. The third-order valence-corrected chi connectivity index (χ3v) is 7.04. The van der Waals surface area contributed by atoms with Crippen molar-refractivity contribution in [2.75, 3.05) is 26.5 Å². The van der Waals surface area contributed by atoms with Crippen LogP contribution in [0.15, 0.2) is 30.5 Å². The number of piperidine rings is 1. The van der Waals surface area contributed by atoms with E-state index in [0.29, 0.717) is 6.61 Å². The first kappa shape index (κ1) is 20.6. The van der Waals surface area contributed by atoms with Gasteiger partial charge in [-0.25, -0.2) is 0 Å². The van der Waals surface area contributed by atoms with Gasteiger partial charge in [-0.05, 0) is 43.9 Å². The van der Waals surface area contributed by atoms with Gasteiger partial charge < -0.3 is 19.3 Å². The monoisotopic (exact) mass is 424 g/mol. The molecule has 2 bridgehead atoms. The van der Waals surface area contributed by atoms with Crippen LogP contribution in [0.25, 0.3) is 0 Å². The number of pyridine rings is 1. The maximum absolute atomic E-state index is 11.8. The molecule has 2 aliphatic heterocycles. The van der Waals surface area contributed by atoms with Crippen LogP contribution < -0.4 is 14.2 Å². The maximum atomic E-state index is 11.8. The quantitative estimate of drug-likeness (QED) is 0.756. The lowest BCUT2D eigenvalue weighted by Crippen LogP contribution is -2.58. The van der Waals surface area contributed by atoms with Crippen LogP contribution in [0, 0.1) is 18.8 Å². The van der Waals surface area contributed by atoms with Crippen LogP contribution in [0.2, 0.25) is 0 Å². The van der Waals surface area contributed by atoms with Gasteiger partial charge in [0.1, 0.15) is 11.4 Å². The van der Waals surface area contributed by atoms with Gasteiger partial charge >= 0.3 is 0 Å². The smallest absolute Gasteiger partial charge is 0.231 e. The minimum atomic E-state index is -0.834. The van der Waals surface area contributed by atoms with Crippen molar-refractivity contribution in [1.29, 1.82) is 0 Å². The van der Waals surface area contributed by atoms with E-state index in [4.69, 9.17) is 14.2 Å². The Hall–Kier alpha value is -2.31. The third-order valence-electron chi connectivity index (χ3n) is 7.04. The fraction of sp³-hybridized carbons (Fsp3) is 0.560. The van der Waals surface area contributed by atoms with Crippen molar-refractivity contribution < 1.29 is 19.3 Å². The highest BCUT2D eigenvalue weighted by Gasteiger charge is 2.52. The Morgan fingerprint density at radius 3 is 2.58 bits per heavy atom. The Kier molecular flexibility index (Phi) is 5.52. The number of benzene rings is 1. The zero-order valence-electron chi connectivity index (χ0n) is 18.5. The molecule has 6 heteroatoms. The molecule has 166 valence electrons. The molecule has 1 aromatic heterocycles. The van der Waals surface area contributed by atoms with Crippen molar-refractivity contribution in [2.24, 2.45) is 11.8 Å². The van der Waals surface area contributed by atoms with Gasteiger partial charge in [0.25, 0.3) is 0 Å². The van der Waals surface area contributed by atoms with E-state index in [2.05, 4.69) is 28.9 Å². The fourth-order valence-corrected chi connectivity index (χ4v) is 5.47. The van der Waals surface area contributed by atoms with Crippen LogP contribution in [0.4, 0.5) is 0 Å². The summed E-state index contributed by atoms with van der Waals surface area (Å²) in [5.74, 6) is 2.78. The lowest BCUT2D eigenvalue weighted by molar-refractivity contribution is -0.151. The van der Waals surface area contributed by atoms with Crippen LogP contribution in [0.1, 0.15) is 49.4 Å². The molecule has 0 spiro atoms. The molecule has 2 unspecified atom stereocenters. The highest BCUT2D eigenvalue weighted by molar-refractivity contribution is 5.52. The molecule has 3 heterocycles. The van der Waals surface area contributed by atoms with E-state index >= 15 is 0 Å². The van der Waals surface area contributed by atoms with Gasteiger partial charge in [-0.1, -0.05) is 19.4 Å². The number of hydrogen-bond donors (Lipinski definition) is 1. The zero-order valence-corrected chi connectivity index (χ0v) is 18.5. The average molecular weight is 425 g/mol. The molecular formula is C25H32N2O4. The van der Waals surface area contributed by atoms with Gasteiger partial charge in [0.15, 0.2) is 11.5 Å². The summed E-state index contributed by atoms with van der Waals surface area (Å²) in [6.07, 6.45) is 6.06. The Morgan fingerprint density at radius 1 is 1.16 bits per heavy atom. The predicted molar refractivity (Wildman–Crippen MR) is 117 cm³/mol. The zero-order chi connectivity index (χ0) is 21.4. The maximum Gasteiger partial charge on any atom is 0.231 e. The van der Waals surface area contributed by atoms with E-state index in [1.165, 1.54) is 6.42 Å². The molecule has 2 fully saturated rings. The number of ether oxygens (including phenoxy) is 3. The van der Waals surface area contributed by atoms with Gasteiger partial charge in [0.2, 0.25) is 6.79 Å². The molecule has 1 N–H and O–H groups in total. The summed E-state index contributed by atoms with van der Waals surface area (Å²) in [6, 6.07) is 8.10. The van der Waals surface area contributed by atoms with E-state index in [0.717, 1.165) is 73.0 Å². The van der Waals surface area contributed by atoms with Gasteiger partial charge in [0, 0.05) is 49.3 Å². The van der Waals surface area contributed by atoms with Crippen molar-refractivity contribution in [3.8, 4) is 17.2 Å². The van der Waals surface area contributed by atoms with Crippen LogP contribution in [-0.4, -0.2) is 41.5 Å². The number of fused-ring (bicyclic) bond motifs is 3. The molecule has 1 aromatic carbocycles. The average Bonchev–Trinajstić information content (AvgIpc) is 3.20. The Morgan fingerprint density at radius 2 is 1.90 bits per heavy atom. The lowest BCUT2D eigenvalue weighted by Gasteiger charge is -2.52. The number of aliphatic hydroxyl groups is 1. The molecule has 1 saturated heterocycles. The third kappa shape index (κ3) is 3.76. The minimum Gasteiger partial charge on any atom is -0.493 e. The lowest BCUT2D eigenvalue weighted by atomic mass is 9.64. The summed E-state index contributed by atoms with van der Waals surface area (Å²) < 4.78 is 17.2. The summed E-state index contributed by atoms with van der Waals surface area (Å²) >= 11 is 0. The second-order valence-electron chi connectivity index (χ2n) is 9.23. The molecule has 5 rings (SSSR count). The van der Waals surface area contributed by atoms with Gasteiger partial charge in [-0.3, -0.25) is 9.88 Å². The van der Waals surface area contributed by atoms with Crippen LogP contribution in [0.5, 0.6) is 17.2 Å². The molecule has 6 nitrogen and oxygen atoms in total. The van der Waals surface area contributed by atoms with E-state index < -0.39 is 5.60 Å². The fourth-order valence-electron chi connectivity index (χ4n) is 5.47. The topological polar surface area (TPSA) is 64.1 Å². The molecule has 0 amide bonds. The minimum absolute atomic E-state index is 0.184. The standard InChI is InChI=1S/C25H32N2O4/c1-3-9-29-21-11-23-22(30-16-31-23)10-18(21)13-27-14-19-5-4-6-20(15-27)25(19,28)24-8-7-17(2)12-26-24/h7-8,10-12,19-20,28H,3-6,9,13-16H2,1-2H3. The summed E-state index contributed by atoms with van der Waals surface area (Å²) in [4.78, 5) is 7.10. The Labute approximate surface area is 184 Å². The van der Waals surface area contributed by atoms with Crippen LogP contribution in [0.3, 0.4) is 0 Å². The second-order valence-corrected chi connectivity index (χ2v) is 9.23. The molecule has 3 aliphatic rings. The molecule has 1 saturated carbocycles. The van der Waals surface area contributed by atoms with E-state index in [-0.39, 0.29) is 18.6 Å². The molecule has 2 aromatic rings. The molecule has 0 radical (unpaired) electrons. The SMILES string of the molecule is CCCOc1cc2c(cc1CN1CC3CCCC(C1)C3(O)c1ccc(C)cn1)OCO2. The van der Waals surface area contributed by atoms with E-state index in [1.54, 1.807) is 0 Å². The Balaban J connectivity index is 1.39. The summed E-state index contributed by atoms with van der Waals surface area (Å²) in [5, 5.41) is 11.8. The number of likely N-dealkylation sites (tertiary alicyclic amines) is 1. The molecular weight excluding hydrogens is 392 g/mol. The van der Waals surface area contributed by atoms with Gasteiger partial charge in [-0.15, -0.1) is 0 Å². The van der Waals surface area contributed by atoms with Gasteiger partial charge in [0.05, 0.1) is 12.3 Å². The van der Waals surface area contributed by atoms with Crippen molar-refractivity contribution in [2.45, 2.75) is 51.7 Å². The predicted octanol–water partition coefficient (Wildman–Crippen LogP) is 4.03. The number of aryl methyl sites for hydroxylation is 1. The first-order chi connectivity index (χ1) is 15.1. The van der Waals surface area contributed by atoms with Crippen molar-refractivity contribution in [3.63, 3.8) is 0 Å². The van der Waals surface area contributed by atoms with Crippen LogP contribution in [-0.2, 0) is 12.1 Å². The van der Waals surface area contributed by atoms with Crippen molar-refractivity contribution in [3.05, 3.63) is 47.3 Å². The summed E-state index contributed by atoms with van der Waals surface area (Å²) in [5.41, 5.74) is 2.24. The number of nitrogens with zero attached hydrogens (tertiary/aromatic N) is 2. The highest BCUT2D eigenvalue weighted by Crippen LogP contribution is 2.49. The molecule has 1 aliphatic carbocycles. The Bertz CT molecular complexity index is 916. The van der Waals surface area contributed by atoms with Crippen LogP contribution >= 0.6 is 0 Å². The second kappa shape index (κ2) is 8.32. The largest absolute Gasteiger partial charge is 0.493 e. The number of rotatable bonds is 6. The first-order valence-electron chi connectivity index (χ1n) is 11.5. The number of hydrogen-bond acceptors (Lipinski definition) is 6. The van der Waals surface area contributed by atoms with E-state index in [1.807, 2.05) is 25.3 Å². The van der Waals surface area contributed by atoms with E-state index in [9.17, 15) is 5.11 Å². The first-order valence-corrected chi connectivity index (χ1v) is 11.5. The number of aromatic nitrogens is 1. The highest BCUT2D eigenvalue weighted by atomic mass is 16.7. The normalized spacial score (nSPS) is 27.3.